The quantitative estimate of drug-likeness (QED) is 0.270. The molecular weight excluding hydrogens is 345 g/mol. The van der Waals surface area contributed by atoms with Crippen molar-refractivity contribution in [1.29, 1.82) is 0 Å². The van der Waals surface area contributed by atoms with E-state index in [9.17, 15) is 9.18 Å². The molecule has 0 spiro atoms. The zero-order chi connectivity index (χ0) is 18.2. The molecular formula is C17H16FN3O3S. The SMILES string of the molecule is CCOc1cc(/C=N\NC(N)=S)ccc1OC(=O)c1ccc(F)cc1. The summed E-state index contributed by atoms with van der Waals surface area (Å²) < 4.78 is 23.8. The van der Waals surface area contributed by atoms with Crippen LogP contribution in [0.4, 0.5) is 4.39 Å². The van der Waals surface area contributed by atoms with Crippen molar-refractivity contribution in [2.24, 2.45) is 10.8 Å². The number of benzene rings is 2. The number of thiocarbonyl (C=S) groups is 1. The molecule has 0 saturated carbocycles. The van der Waals surface area contributed by atoms with E-state index in [-0.39, 0.29) is 16.4 Å². The van der Waals surface area contributed by atoms with Crippen LogP contribution in [0.2, 0.25) is 0 Å². The maximum Gasteiger partial charge on any atom is 0.343 e. The molecule has 0 heterocycles. The van der Waals surface area contributed by atoms with Crippen molar-refractivity contribution in [3.63, 3.8) is 0 Å². The average molecular weight is 361 g/mol. The van der Waals surface area contributed by atoms with Gasteiger partial charge in [-0.1, -0.05) is 0 Å². The average Bonchev–Trinajstić information content (AvgIpc) is 2.57. The molecule has 2 aromatic rings. The second-order valence-electron chi connectivity index (χ2n) is 4.77. The third-order valence-electron chi connectivity index (χ3n) is 2.94. The minimum atomic E-state index is -0.613. The van der Waals surface area contributed by atoms with E-state index in [0.29, 0.717) is 17.9 Å². The molecule has 0 aliphatic rings. The Morgan fingerprint density at radius 1 is 1.28 bits per heavy atom. The summed E-state index contributed by atoms with van der Waals surface area (Å²) in [5, 5.41) is 3.90. The number of hydrogen-bond acceptors (Lipinski definition) is 5. The molecule has 0 aliphatic carbocycles. The fourth-order valence-electron chi connectivity index (χ4n) is 1.87. The third kappa shape index (κ3) is 5.54. The van der Waals surface area contributed by atoms with Crippen LogP contribution in [0.3, 0.4) is 0 Å². The number of nitrogens with one attached hydrogen (secondary N) is 1. The van der Waals surface area contributed by atoms with Gasteiger partial charge in [-0.05, 0) is 67.2 Å². The van der Waals surface area contributed by atoms with Crippen molar-refractivity contribution in [3.05, 3.63) is 59.4 Å². The first kappa shape index (κ1) is 18.3. The van der Waals surface area contributed by atoms with E-state index in [1.165, 1.54) is 30.5 Å². The van der Waals surface area contributed by atoms with Gasteiger partial charge in [-0.25, -0.2) is 9.18 Å². The van der Waals surface area contributed by atoms with Crippen LogP contribution < -0.4 is 20.6 Å². The van der Waals surface area contributed by atoms with Crippen LogP contribution in [0.15, 0.2) is 47.6 Å². The van der Waals surface area contributed by atoms with Gasteiger partial charge in [0, 0.05) is 0 Å². The number of nitrogens with two attached hydrogens (primary N) is 1. The topological polar surface area (TPSA) is 85.9 Å². The molecule has 0 aliphatic heterocycles. The first-order valence-electron chi connectivity index (χ1n) is 7.32. The van der Waals surface area contributed by atoms with Crippen molar-refractivity contribution < 1.29 is 18.7 Å². The molecule has 130 valence electrons. The number of hydrogen-bond donors (Lipinski definition) is 2. The van der Waals surface area contributed by atoms with Crippen molar-refractivity contribution >= 4 is 29.5 Å². The summed E-state index contributed by atoms with van der Waals surface area (Å²) >= 11 is 4.65. The number of rotatable bonds is 6. The lowest BCUT2D eigenvalue weighted by Gasteiger charge is -2.11. The molecule has 0 radical (unpaired) electrons. The summed E-state index contributed by atoms with van der Waals surface area (Å²) in [6.45, 7) is 2.19. The van der Waals surface area contributed by atoms with Crippen LogP contribution in [-0.2, 0) is 0 Å². The summed E-state index contributed by atoms with van der Waals surface area (Å²) in [6, 6.07) is 9.99. The minimum Gasteiger partial charge on any atom is -0.490 e. The maximum absolute atomic E-state index is 12.9. The number of carbonyl (C=O) groups excluding carboxylic acids is 1. The first-order chi connectivity index (χ1) is 12.0. The van der Waals surface area contributed by atoms with Crippen molar-refractivity contribution in [3.8, 4) is 11.5 Å². The van der Waals surface area contributed by atoms with Crippen LogP contribution in [0.5, 0.6) is 11.5 Å². The minimum absolute atomic E-state index is 0.0473. The Bertz CT molecular complexity index is 794. The lowest BCUT2D eigenvalue weighted by atomic mass is 10.2. The molecule has 0 atom stereocenters. The monoisotopic (exact) mass is 361 g/mol. The van der Waals surface area contributed by atoms with Crippen LogP contribution in [0, 0.1) is 5.82 Å². The van der Waals surface area contributed by atoms with E-state index < -0.39 is 11.8 Å². The number of esters is 1. The molecule has 0 bridgehead atoms. The predicted molar refractivity (Wildman–Crippen MR) is 96.5 cm³/mol. The second kappa shape index (κ2) is 8.74. The van der Waals surface area contributed by atoms with Crippen LogP contribution >= 0.6 is 12.2 Å². The van der Waals surface area contributed by atoms with Crippen LogP contribution in [-0.4, -0.2) is 23.9 Å². The van der Waals surface area contributed by atoms with E-state index in [1.54, 1.807) is 25.1 Å². The Hall–Kier alpha value is -3.00. The Labute approximate surface area is 149 Å². The number of halogens is 1. The van der Waals surface area contributed by atoms with Gasteiger partial charge in [0.15, 0.2) is 16.6 Å². The zero-order valence-electron chi connectivity index (χ0n) is 13.4. The number of nitrogens with zero attached hydrogens (tertiary/aromatic N) is 1. The van der Waals surface area contributed by atoms with Crippen LogP contribution in [0.1, 0.15) is 22.8 Å². The van der Waals surface area contributed by atoms with Gasteiger partial charge in [-0.15, -0.1) is 0 Å². The Kier molecular flexibility index (Phi) is 6.41. The summed E-state index contributed by atoms with van der Waals surface area (Å²) in [5.41, 5.74) is 8.64. The summed E-state index contributed by atoms with van der Waals surface area (Å²) in [4.78, 5) is 12.1. The van der Waals surface area contributed by atoms with Gasteiger partial charge >= 0.3 is 5.97 Å². The lowest BCUT2D eigenvalue weighted by Crippen LogP contribution is -2.23. The summed E-state index contributed by atoms with van der Waals surface area (Å²) in [6.07, 6.45) is 1.49. The predicted octanol–water partition coefficient (Wildman–Crippen LogP) is 2.61. The molecule has 0 amide bonds. The highest BCUT2D eigenvalue weighted by Crippen LogP contribution is 2.29. The normalized spacial score (nSPS) is 10.5. The van der Waals surface area contributed by atoms with Crippen molar-refractivity contribution in [1.82, 2.24) is 5.43 Å². The fourth-order valence-corrected chi connectivity index (χ4v) is 1.93. The van der Waals surface area contributed by atoms with Crippen molar-refractivity contribution in [2.75, 3.05) is 6.61 Å². The highest BCUT2D eigenvalue weighted by Gasteiger charge is 2.13. The summed E-state index contributed by atoms with van der Waals surface area (Å²) in [7, 11) is 0. The second-order valence-corrected chi connectivity index (χ2v) is 5.21. The Morgan fingerprint density at radius 2 is 2.00 bits per heavy atom. The van der Waals surface area contributed by atoms with Gasteiger partial charge in [0.05, 0.1) is 18.4 Å². The van der Waals surface area contributed by atoms with E-state index in [1.807, 2.05) is 0 Å². The molecule has 0 aromatic heterocycles. The van der Waals surface area contributed by atoms with Gasteiger partial charge in [0.1, 0.15) is 5.82 Å². The maximum atomic E-state index is 12.9. The largest absolute Gasteiger partial charge is 0.490 e. The third-order valence-corrected chi connectivity index (χ3v) is 3.03. The molecule has 2 rings (SSSR count). The molecule has 6 nitrogen and oxygen atoms in total. The molecule has 0 unspecified atom stereocenters. The Morgan fingerprint density at radius 3 is 2.64 bits per heavy atom. The first-order valence-corrected chi connectivity index (χ1v) is 7.73. The summed E-state index contributed by atoms with van der Waals surface area (Å²) in [5.74, 6) is -0.425. The van der Waals surface area contributed by atoms with Gasteiger partial charge in [0.2, 0.25) is 0 Å². The number of carbonyl (C=O) groups is 1. The Balaban J connectivity index is 2.18. The van der Waals surface area contributed by atoms with E-state index >= 15 is 0 Å². The standard InChI is InChI=1S/C17H16FN3O3S/c1-2-23-15-9-11(10-20-21-17(19)25)3-8-14(15)24-16(22)12-4-6-13(18)7-5-12/h3-10H,2H2,1H3,(H3,19,21,25)/b20-10-. The molecule has 3 N–H and O–H groups in total. The zero-order valence-corrected chi connectivity index (χ0v) is 14.2. The van der Waals surface area contributed by atoms with E-state index in [0.717, 1.165) is 0 Å². The highest BCUT2D eigenvalue weighted by atomic mass is 32.1. The van der Waals surface area contributed by atoms with Gasteiger partial charge in [-0.3, -0.25) is 5.43 Å². The molecule has 0 fully saturated rings. The number of ether oxygens (including phenoxy) is 2. The lowest BCUT2D eigenvalue weighted by molar-refractivity contribution is 0.0728. The van der Waals surface area contributed by atoms with Gasteiger partial charge in [0.25, 0.3) is 0 Å². The van der Waals surface area contributed by atoms with Gasteiger partial charge in [-0.2, -0.15) is 5.10 Å². The molecule has 2 aromatic carbocycles. The van der Waals surface area contributed by atoms with Crippen molar-refractivity contribution in [2.45, 2.75) is 6.92 Å². The highest BCUT2D eigenvalue weighted by molar-refractivity contribution is 7.80. The molecule has 8 heteroatoms. The fraction of sp³-hybridized carbons (Fsp3) is 0.118. The van der Waals surface area contributed by atoms with Crippen LogP contribution in [0.25, 0.3) is 0 Å². The van der Waals surface area contributed by atoms with E-state index in [4.69, 9.17) is 15.2 Å². The smallest absolute Gasteiger partial charge is 0.343 e. The molecule has 25 heavy (non-hydrogen) atoms. The molecule has 0 saturated heterocycles. The number of hydrazone groups is 1. The van der Waals surface area contributed by atoms with E-state index in [2.05, 4.69) is 22.7 Å². The van der Waals surface area contributed by atoms with Gasteiger partial charge < -0.3 is 15.2 Å².